The molecule has 0 aliphatic carbocycles. The molecule has 25 heavy (non-hydrogen) atoms. The normalized spacial score (nSPS) is 12.1. The lowest BCUT2D eigenvalue weighted by Crippen LogP contribution is -2.37. The van der Waals surface area contributed by atoms with Crippen molar-refractivity contribution in [3.05, 3.63) is 35.9 Å². The van der Waals surface area contributed by atoms with Crippen LogP contribution in [0.5, 0.6) is 0 Å². The van der Waals surface area contributed by atoms with Crippen LogP contribution in [0.2, 0.25) is 0 Å². The van der Waals surface area contributed by atoms with Crippen molar-refractivity contribution in [1.82, 2.24) is 5.32 Å². The van der Waals surface area contributed by atoms with E-state index in [1.54, 1.807) is 0 Å². The fourth-order valence-corrected chi connectivity index (χ4v) is 3.04. The minimum Gasteiger partial charge on any atom is -0.465 e. The molecule has 1 aromatic carbocycles. The lowest BCUT2D eigenvalue weighted by Gasteiger charge is -2.17. The molecule has 0 aliphatic rings. The zero-order chi connectivity index (χ0) is 18.2. The van der Waals surface area contributed by atoms with Crippen LogP contribution >= 0.6 is 0 Å². The Hall–Kier alpha value is -1.35. The van der Waals surface area contributed by atoms with E-state index in [-0.39, 0.29) is 12.0 Å². The summed E-state index contributed by atoms with van der Waals surface area (Å²) < 4.78 is 5.22. The Morgan fingerprint density at radius 2 is 1.52 bits per heavy atom. The zero-order valence-corrected chi connectivity index (χ0v) is 16.3. The highest BCUT2D eigenvalue weighted by Crippen LogP contribution is 2.12. The Morgan fingerprint density at radius 3 is 2.12 bits per heavy atom. The summed E-state index contributed by atoms with van der Waals surface area (Å²) in [4.78, 5) is 12.1. The molecular formula is C22H37NO2. The van der Waals surface area contributed by atoms with Crippen LogP contribution in [0, 0.1) is 0 Å². The third-order valence-corrected chi connectivity index (χ3v) is 4.56. The van der Waals surface area contributed by atoms with Gasteiger partial charge in [0.15, 0.2) is 0 Å². The summed E-state index contributed by atoms with van der Waals surface area (Å²) in [6.07, 6.45) is 12.5. The van der Waals surface area contributed by atoms with E-state index in [0.717, 1.165) is 12.8 Å². The van der Waals surface area contributed by atoms with Gasteiger partial charge in [0.25, 0.3) is 0 Å². The van der Waals surface area contributed by atoms with Gasteiger partial charge in [-0.2, -0.15) is 0 Å². The number of unbranched alkanes of at least 4 members (excludes halogenated alkanes) is 8. The molecule has 0 heterocycles. The highest BCUT2D eigenvalue weighted by atomic mass is 16.5. The number of ether oxygens (including phenoxy) is 1. The number of nitrogens with one attached hydrogen (secondary N) is 1. The Labute approximate surface area is 154 Å². The number of carbonyl (C=O) groups is 1. The number of hydrogen-bond acceptors (Lipinski definition) is 3. The van der Waals surface area contributed by atoms with Gasteiger partial charge in [-0.15, -0.1) is 0 Å². The number of benzene rings is 1. The van der Waals surface area contributed by atoms with Gasteiger partial charge in [-0.1, -0.05) is 95.0 Å². The predicted octanol–water partition coefficient (Wildman–Crippen LogP) is 5.63. The van der Waals surface area contributed by atoms with Gasteiger partial charge in [0.1, 0.15) is 6.04 Å². The maximum atomic E-state index is 12.1. The molecule has 0 saturated carbocycles. The molecular weight excluding hydrogens is 310 g/mol. The molecule has 3 nitrogen and oxygen atoms in total. The van der Waals surface area contributed by atoms with Crippen molar-refractivity contribution in [3.8, 4) is 0 Å². The summed E-state index contributed by atoms with van der Waals surface area (Å²) >= 11 is 0. The van der Waals surface area contributed by atoms with Crippen LogP contribution in [-0.4, -0.2) is 18.6 Å². The smallest absolute Gasteiger partial charge is 0.323 e. The highest BCUT2D eigenvalue weighted by molar-refractivity contribution is 5.75. The van der Waals surface area contributed by atoms with Gasteiger partial charge in [-0.25, -0.2) is 0 Å². The summed E-state index contributed by atoms with van der Waals surface area (Å²) in [6, 6.07) is 10.0. The van der Waals surface area contributed by atoms with Crippen LogP contribution in [0.4, 0.5) is 0 Å². The number of esters is 1. The molecule has 142 valence electrons. The molecule has 0 aromatic heterocycles. The van der Waals surface area contributed by atoms with E-state index in [4.69, 9.17) is 4.74 Å². The first-order valence-corrected chi connectivity index (χ1v) is 10.2. The van der Waals surface area contributed by atoms with E-state index in [2.05, 4.69) is 24.4 Å². The van der Waals surface area contributed by atoms with Crippen LogP contribution in [0.3, 0.4) is 0 Å². The van der Waals surface area contributed by atoms with Crippen molar-refractivity contribution >= 4 is 5.97 Å². The van der Waals surface area contributed by atoms with Gasteiger partial charge in [0.2, 0.25) is 0 Å². The number of carbonyl (C=O) groups excluding carboxylic acids is 1. The summed E-state index contributed by atoms with van der Waals surface area (Å²) in [6.45, 7) is 5.28. The molecule has 0 amide bonds. The molecule has 1 unspecified atom stereocenters. The molecule has 1 aromatic rings. The Bertz CT molecular complexity index is 433. The fourth-order valence-electron chi connectivity index (χ4n) is 3.04. The molecule has 0 aliphatic heterocycles. The first kappa shape index (κ1) is 21.7. The first-order chi connectivity index (χ1) is 12.3. The van der Waals surface area contributed by atoms with E-state index in [1.165, 1.54) is 56.9 Å². The van der Waals surface area contributed by atoms with E-state index in [0.29, 0.717) is 13.2 Å². The fraction of sp³-hybridized carbons (Fsp3) is 0.682. The van der Waals surface area contributed by atoms with E-state index >= 15 is 0 Å². The average Bonchev–Trinajstić information content (AvgIpc) is 2.63. The van der Waals surface area contributed by atoms with Gasteiger partial charge in [-0.3, -0.25) is 4.79 Å². The summed E-state index contributed by atoms with van der Waals surface area (Å²) in [7, 11) is 0. The molecule has 1 N–H and O–H groups in total. The maximum Gasteiger partial charge on any atom is 0.323 e. The predicted molar refractivity (Wildman–Crippen MR) is 106 cm³/mol. The van der Waals surface area contributed by atoms with Crippen molar-refractivity contribution in [2.75, 3.05) is 6.61 Å². The van der Waals surface area contributed by atoms with Gasteiger partial charge in [0.05, 0.1) is 6.61 Å². The van der Waals surface area contributed by atoms with Gasteiger partial charge >= 0.3 is 5.97 Å². The molecule has 1 rings (SSSR count). The second-order valence-electron chi connectivity index (χ2n) is 6.79. The zero-order valence-electron chi connectivity index (χ0n) is 16.3. The van der Waals surface area contributed by atoms with Crippen molar-refractivity contribution in [3.63, 3.8) is 0 Å². The van der Waals surface area contributed by atoms with E-state index in [9.17, 15) is 4.79 Å². The molecule has 3 heteroatoms. The number of hydrogen-bond donors (Lipinski definition) is 1. The lowest BCUT2D eigenvalue weighted by molar-refractivity contribution is -0.145. The molecule has 1 atom stereocenters. The third kappa shape index (κ3) is 11.0. The molecule has 0 spiro atoms. The second kappa shape index (κ2) is 14.9. The quantitative estimate of drug-likeness (QED) is 0.330. The average molecular weight is 348 g/mol. The van der Waals surface area contributed by atoms with Crippen LogP contribution < -0.4 is 5.32 Å². The molecule has 0 fully saturated rings. The summed E-state index contributed by atoms with van der Waals surface area (Å²) in [5.74, 6) is -0.113. The van der Waals surface area contributed by atoms with Crippen molar-refractivity contribution in [2.45, 2.75) is 90.6 Å². The minimum absolute atomic E-state index is 0.113. The minimum atomic E-state index is -0.190. The topological polar surface area (TPSA) is 38.3 Å². The SMILES string of the molecule is CCCCCCCCCCCC(NCc1ccccc1)C(=O)OCC. The van der Waals surface area contributed by atoms with Gasteiger partial charge in [-0.05, 0) is 18.9 Å². The van der Waals surface area contributed by atoms with Crippen LogP contribution in [0.1, 0.15) is 83.6 Å². The first-order valence-electron chi connectivity index (χ1n) is 10.2. The Balaban J connectivity index is 2.21. The maximum absolute atomic E-state index is 12.1. The van der Waals surface area contributed by atoms with Gasteiger partial charge in [0, 0.05) is 6.54 Å². The number of rotatable bonds is 15. The van der Waals surface area contributed by atoms with Crippen LogP contribution in [-0.2, 0) is 16.1 Å². The Kier molecular flexibility index (Phi) is 13.0. The summed E-state index contributed by atoms with van der Waals surface area (Å²) in [5, 5.41) is 3.37. The lowest BCUT2D eigenvalue weighted by atomic mass is 10.0. The van der Waals surface area contributed by atoms with Crippen LogP contribution in [0.25, 0.3) is 0 Å². The molecule has 0 radical (unpaired) electrons. The monoisotopic (exact) mass is 347 g/mol. The highest BCUT2D eigenvalue weighted by Gasteiger charge is 2.18. The standard InChI is InChI=1S/C22H37NO2/c1-3-5-6-7-8-9-10-11-15-18-21(22(24)25-4-2)23-19-20-16-13-12-14-17-20/h12-14,16-17,21,23H,3-11,15,18-19H2,1-2H3. The van der Waals surface area contributed by atoms with Crippen LogP contribution in [0.15, 0.2) is 30.3 Å². The molecule has 0 bridgehead atoms. The van der Waals surface area contributed by atoms with Crippen molar-refractivity contribution in [2.24, 2.45) is 0 Å². The largest absolute Gasteiger partial charge is 0.465 e. The van der Waals surface area contributed by atoms with Gasteiger partial charge < -0.3 is 10.1 Å². The second-order valence-corrected chi connectivity index (χ2v) is 6.79. The van der Waals surface area contributed by atoms with E-state index < -0.39 is 0 Å². The third-order valence-electron chi connectivity index (χ3n) is 4.56. The van der Waals surface area contributed by atoms with Crippen molar-refractivity contribution in [1.29, 1.82) is 0 Å². The van der Waals surface area contributed by atoms with E-state index in [1.807, 2.05) is 25.1 Å². The van der Waals surface area contributed by atoms with Crippen molar-refractivity contribution < 1.29 is 9.53 Å². The summed E-state index contributed by atoms with van der Waals surface area (Å²) in [5.41, 5.74) is 1.20. The molecule has 0 saturated heterocycles. The Morgan fingerprint density at radius 1 is 0.920 bits per heavy atom.